The standard InChI is InChI=1S/C9H10FN5O2S/c1-15-9(12-5-13-15)14-18(16,17)7-4-2-3-6(10)8(7)11/h2-5H,11H2,1H3,(H,12,13,14). The molecule has 1 aromatic heterocycles. The van der Waals surface area contributed by atoms with E-state index in [-0.39, 0.29) is 10.8 Å². The fourth-order valence-corrected chi connectivity index (χ4v) is 2.50. The summed E-state index contributed by atoms with van der Waals surface area (Å²) in [6, 6.07) is 3.55. The Hall–Kier alpha value is -2.16. The van der Waals surface area contributed by atoms with Crippen LogP contribution in [0.3, 0.4) is 0 Å². The molecule has 0 radical (unpaired) electrons. The Morgan fingerprint density at radius 1 is 1.44 bits per heavy atom. The maximum absolute atomic E-state index is 13.2. The van der Waals surface area contributed by atoms with Gasteiger partial charge in [0.2, 0.25) is 5.95 Å². The quantitative estimate of drug-likeness (QED) is 0.783. The zero-order chi connectivity index (χ0) is 13.3. The minimum atomic E-state index is -4.00. The van der Waals surface area contributed by atoms with Gasteiger partial charge < -0.3 is 5.73 Å². The van der Waals surface area contributed by atoms with Crippen molar-refractivity contribution in [2.45, 2.75) is 4.90 Å². The van der Waals surface area contributed by atoms with Crippen LogP contribution in [0.4, 0.5) is 16.0 Å². The summed E-state index contributed by atoms with van der Waals surface area (Å²) in [6.07, 6.45) is 1.19. The molecule has 0 bridgehead atoms. The van der Waals surface area contributed by atoms with E-state index in [1.165, 1.54) is 30.2 Å². The van der Waals surface area contributed by atoms with E-state index in [4.69, 9.17) is 5.73 Å². The molecule has 0 fully saturated rings. The number of nitrogens with two attached hydrogens (primary N) is 1. The number of nitrogen functional groups attached to an aromatic ring is 1. The molecule has 0 aliphatic heterocycles. The van der Waals surface area contributed by atoms with E-state index >= 15 is 0 Å². The molecule has 7 nitrogen and oxygen atoms in total. The van der Waals surface area contributed by atoms with Crippen LogP contribution in [0.5, 0.6) is 0 Å². The fourth-order valence-electron chi connectivity index (χ4n) is 1.32. The normalized spacial score (nSPS) is 11.4. The number of hydrogen-bond acceptors (Lipinski definition) is 5. The van der Waals surface area contributed by atoms with Crippen LogP contribution in [0.15, 0.2) is 29.4 Å². The predicted octanol–water partition coefficient (Wildman–Crippen LogP) is 0.337. The highest BCUT2D eigenvalue weighted by atomic mass is 32.2. The number of sulfonamides is 1. The van der Waals surface area contributed by atoms with Crippen molar-refractivity contribution in [3.63, 3.8) is 0 Å². The summed E-state index contributed by atoms with van der Waals surface area (Å²) in [7, 11) is -2.48. The number of rotatable bonds is 3. The predicted molar refractivity (Wildman–Crippen MR) is 62.6 cm³/mol. The molecule has 0 spiro atoms. The Labute approximate surface area is 102 Å². The van der Waals surface area contributed by atoms with Gasteiger partial charge in [-0.3, -0.25) is 0 Å². The SMILES string of the molecule is Cn1ncnc1NS(=O)(=O)c1cccc(F)c1N. The number of aryl methyl sites for hydroxylation is 1. The molecule has 0 unspecified atom stereocenters. The zero-order valence-corrected chi connectivity index (χ0v) is 10.1. The van der Waals surface area contributed by atoms with Gasteiger partial charge in [-0.15, -0.1) is 0 Å². The van der Waals surface area contributed by atoms with E-state index in [1.807, 2.05) is 0 Å². The largest absolute Gasteiger partial charge is 0.395 e. The van der Waals surface area contributed by atoms with Gasteiger partial charge in [-0.05, 0) is 12.1 Å². The van der Waals surface area contributed by atoms with Gasteiger partial charge in [0.25, 0.3) is 10.0 Å². The average molecular weight is 271 g/mol. The van der Waals surface area contributed by atoms with E-state index in [9.17, 15) is 12.8 Å². The summed E-state index contributed by atoms with van der Waals surface area (Å²) in [5, 5.41) is 3.71. The van der Waals surface area contributed by atoms with E-state index in [0.717, 1.165) is 6.07 Å². The molecule has 0 saturated heterocycles. The van der Waals surface area contributed by atoms with Crippen LogP contribution < -0.4 is 10.5 Å². The molecule has 3 N–H and O–H groups in total. The van der Waals surface area contributed by atoms with Crippen LogP contribution in [-0.4, -0.2) is 23.2 Å². The number of benzene rings is 1. The second-order valence-corrected chi connectivity index (χ2v) is 5.12. The zero-order valence-electron chi connectivity index (χ0n) is 9.33. The van der Waals surface area contributed by atoms with Crippen molar-refractivity contribution in [3.05, 3.63) is 30.3 Å². The molecule has 9 heteroatoms. The van der Waals surface area contributed by atoms with Crippen LogP contribution in [-0.2, 0) is 17.1 Å². The molecule has 0 amide bonds. The number of nitrogens with one attached hydrogen (secondary N) is 1. The molecule has 2 rings (SSSR count). The van der Waals surface area contributed by atoms with Gasteiger partial charge in [-0.25, -0.2) is 22.2 Å². The molecule has 1 heterocycles. The first-order valence-corrected chi connectivity index (χ1v) is 6.31. The molecule has 0 aliphatic rings. The third kappa shape index (κ3) is 2.12. The first-order chi connectivity index (χ1) is 8.42. The molecule has 96 valence electrons. The Kier molecular flexibility index (Phi) is 2.91. The topological polar surface area (TPSA) is 103 Å². The summed E-state index contributed by atoms with van der Waals surface area (Å²) in [6.45, 7) is 0. The van der Waals surface area contributed by atoms with Gasteiger partial charge in [-0.1, -0.05) is 6.07 Å². The van der Waals surface area contributed by atoms with Crippen LogP contribution >= 0.6 is 0 Å². The van der Waals surface area contributed by atoms with Crippen molar-refractivity contribution < 1.29 is 12.8 Å². The van der Waals surface area contributed by atoms with Crippen LogP contribution in [0.1, 0.15) is 0 Å². The minimum absolute atomic E-state index is 0.0126. The Bertz CT molecular complexity index is 682. The van der Waals surface area contributed by atoms with Crippen molar-refractivity contribution in [2.24, 2.45) is 7.05 Å². The fraction of sp³-hybridized carbons (Fsp3) is 0.111. The third-order valence-electron chi connectivity index (χ3n) is 2.24. The van der Waals surface area contributed by atoms with Crippen molar-refractivity contribution in [2.75, 3.05) is 10.5 Å². The smallest absolute Gasteiger partial charge is 0.266 e. The van der Waals surface area contributed by atoms with Crippen molar-refractivity contribution in [3.8, 4) is 0 Å². The summed E-state index contributed by atoms with van der Waals surface area (Å²) in [5.41, 5.74) is 4.96. The van der Waals surface area contributed by atoms with Gasteiger partial charge in [-0.2, -0.15) is 10.1 Å². The van der Waals surface area contributed by atoms with Gasteiger partial charge in [0.05, 0.1) is 5.69 Å². The second-order valence-electron chi connectivity index (χ2n) is 3.46. The summed E-state index contributed by atoms with van der Waals surface area (Å²) >= 11 is 0. The minimum Gasteiger partial charge on any atom is -0.395 e. The maximum Gasteiger partial charge on any atom is 0.266 e. The molecule has 0 aliphatic carbocycles. The lowest BCUT2D eigenvalue weighted by molar-refractivity contribution is 0.596. The van der Waals surface area contributed by atoms with E-state index in [2.05, 4.69) is 14.8 Å². The first kappa shape index (κ1) is 12.3. The molecule has 2 aromatic rings. The Morgan fingerprint density at radius 2 is 2.17 bits per heavy atom. The van der Waals surface area contributed by atoms with E-state index < -0.39 is 21.5 Å². The monoisotopic (exact) mass is 271 g/mol. The molecule has 18 heavy (non-hydrogen) atoms. The van der Waals surface area contributed by atoms with Crippen LogP contribution in [0.2, 0.25) is 0 Å². The van der Waals surface area contributed by atoms with Crippen molar-refractivity contribution in [1.29, 1.82) is 0 Å². The maximum atomic E-state index is 13.2. The van der Waals surface area contributed by atoms with Crippen molar-refractivity contribution in [1.82, 2.24) is 14.8 Å². The lowest BCUT2D eigenvalue weighted by Gasteiger charge is -2.09. The highest BCUT2D eigenvalue weighted by Crippen LogP contribution is 2.22. The Balaban J connectivity index is 2.43. The number of aromatic nitrogens is 3. The number of nitrogens with zero attached hydrogens (tertiary/aromatic N) is 3. The number of halogens is 1. The highest BCUT2D eigenvalue weighted by Gasteiger charge is 2.21. The Morgan fingerprint density at radius 3 is 2.78 bits per heavy atom. The van der Waals surface area contributed by atoms with Crippen LogP contribution in [0, 0.1) is 5.82 Å². The van der Waals surface area contributed by atoms with Gasteiger partial charge >= 0.3 is 0 Å². The molecular weight excluding hydrogens is 261 g/mol. The molecule has 1 aromatic carbocycles. The molecular formula is C9H10FN5O2S. The van der Waals surface area contributed by atoms with E-state index in [1.54, 1.807) is 0 Å². The number of hydrogen-bond donors (Lipinski definition) is 2. The second kappa shape index (κ2) is 4.26. The van der Waals surface area contributed by atoms with Crippen molar-refractivity contribution >= 4 is 21.7 Å². The first-order valence-electron chi connectivity index (χ1n) is 4.82. The van der Waals surface area contributed by atoms with Gasteiger partial charge in [0.1, 0.15) is 17.0 Å². The highest BCUT2D eigenvalue weighted by molar-refractivity contribution is 7.92. The lowest BCUT2D eigenvalue weighted by atomic mass is 10.3. The molecule has 0 atom stereocenters. The molecule has 0 saturated carbocycles. The number of para-hydroxylation sites is 1. The number of anilines is 2. The average Bonchev–Trinajstić information content (AvgIpc) is 2.67. The van der Waals surface area contributed by atoms with Gasteiger partial charge in [0, 0.05) is 7.05 Å². The summed E-state index contributed by atoms with van der Waals surface area (Å²) in [4.78, 5) is 3.36. The summed E-state index contributed by atoms with van der Waals surface area (Å²) < 4.78 is 40.6. The van der Waals surface area contributed by atoms with Gasteiger partial charge in [0.15, 0.2) is 0 Å². The lowest BCUT2D eigenvalue weighted by Crippen LogP contribution is -2.18. The third-order valence-corrected chi connectivity index (χ3v) is 3.63. The van der Waals surface area contributed by atoms with Crippen LogP contribution in [0.25, 0.3) is 0 Å². The summed E-state index contributed by atoms with van der Waals surface area (Å²) in [5.74, 6) is -0.783. The van der Waals surface area contributed by atoms with E-state index in [0.29, 0.717) is 0 Å².